The monoisotopic (exact) mass is 420 g/mol. The average Bonchev–Trinajstić information content (AvgIpc) is 2.88. The van der Waals surface area contributed by atoms with E-state index in [0.29, 0.717) is 5.89 Å². The molecule has 0 unspecified atom stereocenters. The summed E-state index contributed by atoms with van der Waals surface area (Å²) < 4.78 is 7.06. The number of rotatable bonds is 3. The van der Waals surface area contributed by atoms with Crippen LogP contribution in [0.3, 0.4) is 0 Å². The molecule has 22 heavy (non-hydrogen) atoms. The van der Waals surface area contributed by atoms with Crippen molar-refractivity contribution in [1.29, 1.82) is 0 Å². The van der Waals surface area contributed by atoms with Crippen LogP contribution < -0.4 is 0 Å². The van der Waals surface area contributed by atoms with Crippen LogP contribution in [0.1, 0.15) is 5.69 Å². The Balaban J connectivity index is 1.90. The van der Waals surface area contributed by atoms with E-state index < -0.39 is 0 Å². The first-order valence-electron chi connectivity index (χ1n) is 6.38. The molecule has 0 aliphatic heterocycles. The Labute approximate surface area is 143 Å². The van der Waals surface area contributed by atoms with Gasteiger partial charge in [-0.05, 0) is 46.3 Å². The first kappa shape index (κ1) is 15.0. The maximum absolute atomic E-state index is 9.84. The molecule has 110 valence electrons. The van der Waals surface area contributed by atoms with Gasteiger partial charge in [-0.2, -0.15) is 0 Å². The van der Waals surface area contributed by atoms with E-state index in [0.717, 1.165) is 20.2 Å². The van der Waals surface area contributed by atoms with Crippen molar-refractivity contribution in [2.75, 3.05) is 0 Å². The third kappa shape index (κ3) is 3.28. The van der Waals surface area contributed by atoms with Crippen LogP contribution in [-0.4, -0.2) is 16.3 Å². The fraction of sp³-hybridized carbons (Fsp3) is 0. The lowest BCUT2D eigenvalue weighted by atomic mass is 10.2. The highest BCUT2D eigenvalue weighted by molar-refractivity contribution is 9.11. The van der Waals surface area contributed by atoms with Crippen LogP contribution in [0.15, 0.2) is 66.9 Å². The summed E-state index contributed by atoms with van der Waals surface area (Å²) in [6.45, 7) is 0. The van der Waals surface area contributed by atoms with Gasteiger partial charge in [0.2, 0.25) is 5.89 Å². The lowest BCUT2D eigenvalue weighted by molar-refractivity contribution is 0.337. The standard InChI is InChI=1S/C16H10Br2N2O2/c17-11-6-7-13(12(18)8-11)19-9-14-16(21)22-15(20-14)10-4-2-1-3-5-10/h1-9,21H. The first-order valence-corrected chi connectivity index (χ1v) is 7.96. The van der Waals surface area contributed by atoms with E-state index in [1.54, 1.807) is 0 Å². The second kappa shape index (κ2) is 6.46. The summed E-state index contributed by atoms with van der Waals surface area (Å²) >= 11 is 6.81. The van der Waals surface area contributed by atoms with Crippen LogP contribution >= 0.6 is 31.9 Å². The van der Waals surface area contributed by atoms with Gasteiger partial charge >= 0.3 is 5.95 Å². The van der Waals surface area contributed by atoms with E-state index in [-0.39, 0.29) is 11.6 Å². The number of aromatic hydroxyl groups is 1. The van der Waals surface area contributed by atoms with Gasteiger partial charge in [0.15, 0.2) is 5.69 Å². The highest BCUT2D eigenvalue weighted by atomic mass is 79.9. The Morgan fingerprint density at radius 1 is 1.09 bits per heavy atom. The normalized spacial score (nSPS) is 11.2. The zero-order valence-electron chi connectivity index (χ0n) is 11.2. The lowest BCUT2D eigenvalue weighted by Crippen LogP contribution is -1.83. The number of oxazole rings is 1. The van der Waals surface area contributed by atoms with Crippen LogP contribution in [-0.2, 0) is 0 Å². The maximum atomic E-state index is 9.84. The minimum atomic E-state index is -0.254. The molecule has 3 aromatic rings. The first-order chi connectivity index (χ1) is 10.6. The lowest BCUT2D eigenvalue weighted by Gasteiger charge is -1.97. The molecular formula is C16H10Br2N2O2. The Kier molecular flexibility index (Phi) is 4.40. The van der Waals surface area contributed by atoms with Gasteiger partial charge in [0.1, 0.15) is 0 Å². The minimum Gasteiger partial charge on any atom is -0.479 e. The molecule has 1 N–H and O–H groups in total. The summed E-state index contributed by atoms with van der Waals surface area (Å²) in [5, 5.41) is 9.84. The number of benzene rings is 2. The summed E-state index contributed by atoms with van der Waals surface area (Å²) in [6, 6.07) is 15.0. The molecule has 2 aromatic carbocycles. The third-order valence-electron chi connectivity index (χ3n) is 2.89. The van der Waals surface area contributed by atoms with Crippen LogP contribution in [0, 0.1) is 0 Å². The van der Waals surface area contributed by atoms with Crippen molar-refractivity contribution in [3.05, 3.63) is 63.2 Å². The van der Waals surface area contributed by atoms with Gasteiger partial charge in [-0.25, -0.2) is 4.98 Å². The molecule has 1 aromatic heterocycles. The predicted molar refractivity (Wildman–Crippen MR) is 92.7 cm³/mol. The molecule has 0 atom stereocenters. The topological polar surface area (TPSA) is 58.6 Å². The summed E-state index contributed by atoms with van der Waals surface area (Å²) in [4.78, 5) is 8.56. The van der Waals surface area contributed by atoms with Crippen molar-refractivity contribution < 1.29 is 9.52 Å². The van der Waals surface area contributed by atoms with Crippen LogP contribution in [0.25, 0.3) is 11.5 Å². The molecule has 0 saturated heterocycles. The molecule has 4 nitrogen and oxygen atoms in total. The average molecular weight is 422 g/mol. The highest BCUT2D eigenvalue weighted by Crippen LogP contribution is 2.29. The van der Waals surface area contributed by atoms with E-state index in [1.165, 1.54) is 6.21 Å². The molecule has 6 heteroatoms. The molecule has 0 aliphatic carbocycles. The fourth-order valence-electron chi connectivity index (χ4n) is 1.83. The molecule has 0 radical (unpaired) electrons. The quantitative estimate of drug-likeness (QED) is 0.582. The van der Waals surface area contributed by atoms with Gasteiger partial charge in [0, 0.05) is 14.5 Å². The molecule has 3 rings (SSSR count). The second-order valence-electron chi connectivity index (χ2n) is 4.43. The van der Waals surface area contributed by atoms with E-state index in [1.807, 2.05) is 48.5 Å². The maximum Gasteiger partial charge on any atom is 0.312 e. The van der Waals surface area contributed by atoms with Crippen LogP contribution in [0.2, 0.25) is 0 Å². The molecule has 0 spiro atoms. The Hall–Kier alpha value is -1.92. The fourth-order valence-corrected chi connectivity index (χ4v) is 2.98. The number of nitrogens with zero attached hydrogens (tertiary/aromatic N) is 2. The number of hydrogen-bond donors (Lipinski definition) is 1. The number of hydrogen-bond acceptors (Lipinski definition) is 4. The van der Waals surface area contributed by atoms with Gasteiger partial charge in [-0.3, -0.25) is 4.99 Å². The Morgan fingerprint density at radius 3 is 2.59 bits per heavy atom. The minimum absolute atomic E-state index is 0.254. The van der Waals surface area contributed by atoms with Gasteiger partial charge < -0.3 is 9.52 Å². The SMILES string of the molecule is Oc1oc(-c2ccccc2)nc1C=Nc1ccc(Br)cc1Br. The molecule has 0 amide bonds. The zero-order valence-corrected chi connectivity index (χ0v) is 14.4. The molecule has 0 bridgehead atoms. The predicted octanol–water partition coefficient (Wildman–Crippen LogP) is 5.32. The number of halogens is 2. The summed E-state index contributed by atoms with van der Waals surface area (Å²) in [5.74, 6) is 0.102. The van der Waals surface area contributed by atoms with Crippen LogP contribution in [0.4, 0.5) is 5.69 Å². The molecule has 0 aliphatic rings. The van der Waals surface area contributed by atoms with Gasteiger partial charge in [0.25, 0.3) is 0 Å². The molecular weight excluding hydrogens is 412 g/mol. The van der Waals surface area contributed by atoms with E-state index >= 15 is 0 Å². The van der Waals surface area contributed by atoms with Gasteiger partial charge in [-0.1, -0.05) is 34.1 Å². The van der Waals surface area contributed by atoms with Crippen molar-refractivity contribution in [2.45, 2.75) is 0 Å². The number of aliphatic imine (C=N–C) groups is 1. The second-order valence-corrected chi connectivity index (χ2v) is 6.20. The largest absolute Gasteiger partial charge is 0.479 e. The summed E-state index contributed by atoms with van der Waals surface area (Å²) in [6.07, 6.45) is 1.47. The van der Waals surface area contributed by atoms with Crippen LogP contribution in [0.5, 0.6) is 5.95 Å². The highest BCUT2D eigenvalue weighted by Gasteiger charge is 2.12. The smallest absolute Gasteiger partial charge is 0.312 e. The third-order valence-corrected chi connectivity index (χ3v) is 4.02. The molecule has 0 saturated carbocycles. The van der Waals surface area contributed by atoms with Crippen molar-refractivity contribution in [3.8, 4) is 17.4 Å². The Bertz CT molecular complexity index is 829. The molecule has 1 heterocycles. The summed E-state index contributed by atoms with van der Waals surface area (Å²) in [5.41, 5.74) is 1.81. The van der Waals surface area contributed by atoms with E-state index in [4.69, 9.17) is 4.42 Å². The van der Waals surface area contributed by atoms with Crippen molar-refractivity contribution >= 4 is 43.8 Å². The van der Waals surface area contributed by atoms with Crippen molar-refractivity contribution in [2.24, 2.45) is 4.99 Å². The van der Waals surface area contributed by atoms with E-state index in [9.17, 15) is 5.11 Å². The van der Waals surface area contributed by atoms with Crippen molar-refractivity contribution in [1.82, 2.24) is 4.98 Å². The summed E-state index contributed by atoms with van der Waals surface area (Å²) in [7, 11) is 0. The number of aromatic nitrogens is 1. The van der Waals surface area contributed by atoms with E-state index in [2.05, 4.69) is 41.8 Å². The Morgan fingerprint density at radius 2 is 1.86 bits per heavy atom. The van der Waals surface area contributed by atoms with Crippen molar-refractivity contribution in [3.63, 3.8) is 0 Å². The zero-order chi connectivity index (χ0) is 15.5. The van der Waals surface area contributed by atoms with Gasteiger partial charge in [0.05, 0.1) is 11.9 Å². The van der Waals surface area contributed by atoms with Gasteiger partial charge in [-0.15, -0.1) is 0 Å². The molecule has 0 fully saturated rings.